The molecular formula is C20H22ClN5O5S2. The summed E-state index contributed by atoms with van der Waals surface area (Å²) >= 11 is 6.66. The number of thiophene rings is 1. The van der Waals surface area contributed by atoms with Gasteiger partial charge in [0, 0.05) is 25.7 Å². The molecule has 1 aliphatic heterocycles. The van der Waals surface area contributed by atoms with Gasteiger partial charge in [-0.3, -0.25) is 0 Å². The molecule has 0 spiro atoms. The first kappa shape index (κ1) is 24.8. The molecule has 1 aliphatic rings. The first-order valence-electron chi connectivity index (χ1n) is 10.00. The van der Waals surface area contributed by atoms with Crippen LogP contribution in [0.15, 0.2) is 22.4 Å². The standard InChI is InChI=1S/C20H22ClN5O5S2/c1-4-31-19(27)18-13(3)23-16(9-14(18)10-22)26-8-7-25(11-12(26)2)20(28)24-33(29,30)17-6-5-15(21)32-17/h5-6,9,12H,4,7-8,11H2,1-3H3,(H,24,28). The summed E-state index contributed by atoms with van der Waals surface area (Å²) in [6, 6.07) is 5.38. The van der Waals surface area contributed by atoms with E-state index in [2.05, 4.69) is 9.71 Å². The van der Waals surface area contributed by atoms with Crippen molar-refractivity contribution in [2.24, 2.45) is 0 Å². The number of carbonyl (C=O) groups is 2. The second kappa shape index (κ2) is 9.94. The van der Waals surface area contributed by atoms with E-state index in [0.29, 0.717) is 22.4 Å². The Labute approximate surface area is 200 Å². The van der Waals surface area contributed by atoms with Gasteiger partial charge in [0.25, 0.3) is 10.0 Å². The minimum Gasteiger partial charge on any atom is -0.462 e. The van der Waals surface area contributed by atoms with Crippen molar-refractivity contribution in [2.45, 2.75) is 31.0 Å². The smallest absolute Gasteiger partial charge is 0.341 e. The van der Waals surface area contributed by atoms with Crippen molar-refractivity contribution in [2.75, 3.05) is 31.1 Å². The number of carbonyl (C=O) groups excluding carboxylic acids is 2. The molecule has 176 valence electrons. The maximum absolute atomic E-state index is 12.6. The highest BCUT2D eigenvalue weighted by Crippen LogP contribution is 2.26. The number of nitrogens with zero attached hydrogens (tertiary/aromatic N) is 4. The molecule has 3 heterocycles. The van der Waals surface area contributed by atoms with Gasteiger partial charge in [-0.15, -0.1) is 11.3 Å². The van der Waals surface area contributed by atoms with Crippen molar-refractivity contribution in [3.8, 4) is 6.07 Å². The summed E-state index contributed by atoms with van der Waals surface area (Å²) in [5.74, 6) is -0.112. The molecule has 1 unspecified atom stereocenters. The Hall–Kier alpha value is -2.88. The predicted octanol–water partition coefficient (Wildman–Crippen LogP) is 2.76. The van der Waals surface area contributed by atoms with Crippen LogP contribution in [0.25, 0.3) is 0 Å². The highest BCUT2D eigenvalue weighted by atomic mass is 35.5. The minimum absolute atomic E-state index is 0.0436. The lowest BCUT2D eigenvalue weighted by atomic mass is 10.1. The van der Waals surface area contributed by atoms with Crippen LogP contribution in [-0.2, 0) is 14.8 Å². The van der Waals surface area contributed by atoms with E-state index in [-0.39, 0.29) is 41.1 Å². The van der Waals surface area contributed by atoms with Gasteiger partial charge in [-0.05, 0) is 39.0 Å². The van der Waals surface area contributed by atoms with Gasteiger partial charge in [0.05, 0.1) is 27.8 Å². The lowest BCUT2D eigenvalue weighted by Gasteiger charge is -2.40. The van der Waals surface area contributed by atoms with Gasteiger partial charge in [0.2, 0.25) is 0 Å². The lowest BCUT2D eigenvalue weighted by molar-refractivity contribution is 0.0524. The Balaban J connectivity index is 1.74. The second-order valence-corrected chi connectivity index (χ2v) is 10.9. The highest BCUT2D eigenvalue weighted by molar-refractivity contribution is 7.92. The van der Waals surface area contributed by atoms with Crippen molar-refractivity contribution in [1.29, 1.82) is 5.26 Å². The number of sulfonamides is 1. The number of urea groups is 1. The summed E-state index contributed by atoms with van der Waals surface area (Å²) < 4.78 is 32.2. The Morgan fingerprint density at radius 3 is 2.70 bits per heavy atom. The molecule has 3 rings (SSSR count). The Bertz CT molecular complexity index is 1220. The van der Waals surface area contributed by atoms with Crippen LogP contribution in [0.4, 0.5) is 10.6 Å². The molecule has 0 saturated carbocycles. The van der Waals surface area contributed by atoms with E-state index in [4.69, 9.17) is 16.3 Å². The molecule has 0 radical (unpaired) electrons. The van der Waals surface area contributed by atoms with Crippen LogP contribution in [-0.4, -0.2) is 62.6 Å². The average Bonchev–Trinajstić information content (AvgIpc) is 3.20. The normalized spacial score (nSPS) is 16.3. The molecule has 0 aromatic carbocycles. The lowest BCUT2D eigenvalue weighted by Crippen LogP contribution is -2.56. The van der Waals surface area contributed by atoms with Crippen molar-refractivity contribution in [3.63, 3.8) is 0 Å². The molecule has 1 N–H and O–H groups in total. The number of hydrogen-bond acceptors (Lipinski definition) is 9. The molecule has 13 heteroatoms. The van der Waals surface area contributed by atoms with Crippen LogP contribution in [0.5, 0.6) is 0 Å². The molecule has 1 fully saturated rings. The van der Waals surface area contributed by atoms with Crippen molar-refractivity contribution in [3.05, 3.63) is 39.4 Å². The van der Waals surface area contributed by atoms with E-state index < -0.39 is 22.0 Å². The Morgan fingerprint density at radius 2 is 2.12 bits per heavy atom. The van der Waals surface area contributed by atoms with Crippen LogP contribution in [0.1, 0.15) is 35.5 Å². The van der Waals surface area contributed by atoms with Crippen LogP contribution in [0.3, 0.4) is 0 Å². The topological polar surface area (TPSA) is 133 Å². The zero-order valence-electron chi connectivity index (χ0n) is 18.2. The van der Waals surface area contributed by atoms with E-state index in [1.54, 1.807) is 13.8 Å². The third-order valence-electron chi connectivity index (χ3n) is 5.03. The van der Waals surface area contributed by atoms with Crippen molar-refractivity contribution >= 4 is 50.8 Å². The van der Waals surface area contributed by atoms with Crippen LogP contribution in [0.2, 0.25) is 4.34 Å². The Morgan fingerprint density at radius 1 is 1.39 bits per heavy atom. The summed E-state index contributed by atoms with van der Waals surface area (Å²) in [4.78, 5) is 32.6. The van der Waals surface area contributed by atoms with Gasteiger partial charge in [-0.1, -0.05) is 11.6 Å². The van der Waals surface area contributed by atoms with E-state index in [1.807, 2.05) is 17.9 Å². The first-order chi connectivity index (χ1) is 15.6. The van der Waals surface area contributed by atoms with E-state index in [9.17, 15) is 23.3 Å². The molecule has 2 amide bonds. The summed E-state index contributed by atoms with van der Waals surface area (Å²) in [5.41, 5.74) is 0.659. The first-order valence-corrected chi connectivity index (χ1v) is 12.7. The molecule has 10 nitrogen and oxygen atoms in total. The number of hydrogen-bond donors (Lipinski definition) is 1. The van der Waals surface area contributed by atoms with Gasteiger partial charge < -0.3 is 14.5 Å². The average molecular weight is 512 g/mol. The summed E-state index contributed by atoms with van der Waals surface area (Å²) in [7, 11) is -4.02. The van der Waals surface area contributed by atoms with Crippen LogP contribution < -0.4 is 9.62 Å². The number of pyridine rings is 1. The SMILES string of the molecule is CCOC(=O)c1c(C#N)cc(N2CCN(C(=O)NS(=O)(=O)c3ccc(Cl)s3)CC2C)nc1C. The number of nitriles is 1. The zero-order chi connectivity index (χ0) is 24.3. The maximum Gasteiger partial charge on any atom is 0.341 e. The van der Waals surface area contributed by atoms with Gasteiger partial charge >= 0.3 is 12.0 Å². The molecule has 33 heavy (non-hydrogen) atoms. The summed E-state index contributed by atoms with van der Waals surface area (Å²) in [6.45, 7) is 6.17. The van der Waals surface area contributed by atoms with Gasteiger partial charge in [-0.2, -0.15) is 5.26 Å². The fraction of sp³-hybridized carbons (Fsp3) is 0.400. The van der Waals surface area contributed by atoms with E-state index in [1.165, 1.54) is 23.1 Å². The number of ether oxygens (including phenoxy) is 1. The molecule has 2 aromatic rings. The van der Waals surface area contributed by atoms with E-state index in [0.717, 1.165) is 11.3 Å². The van der Waals surface area contributed by atoms with Crippen LogP contribution in [0, 0.1) is 18.3 Å². The zero-order valence-corrected chi connectivity index (χ0v) is 20.6. The highest BCUT2D eigenvalue weighted by Gasteiger charge is 2.31. The number of anilines is 1. The molecule has 0 bridgehead atoms. The number of amides is 2. The second-order valence-electron chi connectivity index (χ2n) is 7.28. The number of nitrogens with one attached hydrogen (secondary N) is 1. The molecule has 0 aliphatic carbocycles. The molecule has 2 aromatic heterocycles. The molecule has 1 saturated heterocycles. The quantitative estimate of drug-likeness (QED) is 0.606. The number of piperazine rings is 1. The third-order valence-corrected chi connectivity index (χ3v) is 8.07. The fourth-order valence-electron chi connectivity index (χ4n) is 3.51. The number of aromatic nitrogens is 1. The number of rotatable bonds is 5. The third kappa shape index (κ3) is 5.38. The summed E-state index contributed by atoms with van der Waals surface area (Å²) in [5, 5.41) is 9.54. The van der Waals surface area contributed by atoms with Gasteiger partial charge in [0.1, 0.15) is 16.1 Å². The van der Waals surface area contributed by atoms with Crippen LogP contribution >= 0.6 is 22.9 Å². The molecule has 1 atom stereocenters. The van der Waals surface area contributed by atoms with Crippen molar-refractivity contribution in [1.82, 2.24) is 14.6 Å². The monoisotopic (exact) mass is 511 g/mol. The number of esters is 1. The number of halogens is 1. The fourth-order valence-corrected chi connectivity index (χ4v) is 5.96. The minimum atomic E-state index is -4.02. The molecular weight excluding hydrogens is 490 g/mol. The summed E-state index contributed by atoms with van der Waals surface area (Å²) in [6.07, 6.45) is 0. The predicted molar refractivity (Wildman–Crippen MR) is 123 cm³/mol. The largest absolute Gasteiger partial charge is 0.462 e. The Kier molecular flexibility index (Phi) is 7.46. The van der Waals surface area contributed by atoms with E-state index >= 15 is 0 Å². The van der Waals surface area contributed by atoms with Crippen molar-refractivity contribution < 1.29 is 22.7 Å². The van der Waals surface area contributed by atoms with Gasteiger partial charge in [-0.25, -0.2) is 27.7 Å². The maximum atomic E-state index is 12.6. The number of aryl methyl sites for hydroxylation is 1. The van der Waals surface area contributed by atoms with Gasteiger partial charge in [0.15, 0.2) is 0 Å².